The molecule has 0 radical (unpaired) electrons. The van der Waals surface area contributed by atoms with Crippen molar-refractivity contribution < 1.29 is 27.1 Å². The largest absolute Gasteiger partial charge is 0.480 e. The fourth-order valence-corrected chi connectivity index (χ4v) is 4.00. The number of halogens is 2. The van der Waals surface area contributed by atoms with Gasteiger partial charge in [-0.3, -0.25) is 14.6 Å². The molecule has 0 saturated carbocycles. The Balaban J connectivity index is 1.86. The number of hydrogen-bond donors (Lipinski definition) is 1. The lowest BCUT2D eigenvalue weighted by atomic mass is 10.1. The highest BCUT2D eigenvalue weighted by Crippen LogP contribution is 2.24. The Labute approximate surface area is 146 Å². The van der Waals surface area contributed by atoms with Gasteiger partial charge < -0.3 is 5.11 Å². The van der Waals surface area contributed by atoms with Crippen LogP contribution in [0.15, 0.2) is 18.2 Å². The molecule has 25 heavy (non-hydrogen) atoms. The van der Waals surface area contributed by atoms with E-state index < -0.39 is 33.2 Å². The molecular formula is C16H22F2N2O4S. The van der Waals surface area contributed by atoms with Crippen LogP contribution in [0.4, 0.5) is 8.78 Å². The van der Waals surface area contributed by atoms with Crippen molar-refractivity contribution in [3.63, 3.8) is 0 Å². The second kappa shape index (κ2) is 8.20. The topological polar surface area (TPSA) is 77.9 Å². The van der Waals surface area contributed by atoms with Crippen molar-refractivity contribution in [3.8, 4) is 0 Å². The van der Waals surface area contributed by atoms with E-state index in [-0.39, 0.29) is 18.3 Å². The molecule has 1 aromatic carbocycles. The van der Waals surface area contributed by atoms with Crippen LogP contribution in [0.2, 0.25) is 0 Å². The fourth-order valence-electron chi connectivity index (χ4n) is 2.94. The number of carboxylic acid groups (broad SMARTS) is 1. The van der Waals surface area contributed by atoms with E-state index in [1.807, 2.05) is 11.8 Å². The van der Waals surface area contributed by atoms with Crippen molar-refractivity contribution in [3.05, 3.63) is 35.4 Å². The molecule has 1 unspecified atom stereocenters. The third-order valence-electron chi connectivity index (χ3n) is 4.43. The zero-order chi connectivity index (χ0) is 18.6. The number of carboxylic acids is 1. The van der Waals surface area contributed by atoms with E-state index in [1.54, 1.807) is 0 Å². The maximum Gasteiger partial charge on any atom is 0.318 e. The quantitative estimate of drug-likeness (QED) is 0.769. The van der Waals surface area contributed by atoms with Gasteiger partial charge in [-0.1, -0.05) is 6.07 Å². The van der Waals surface area contributed by atoms with E-state index in [0.717, 1.165) is 6.07 Å². The summed E-state index contributed by atoms with van der Waals surface area (Å²) in [5.74, 6) is -3.58. The molecule has 1 atom stereocenters. The van der Waals surface area contributed by atoms with Gasteiger partial charge in [0.05, 0.1) is 5.75 Å². The highest BCUT2D eigenvalue weighted by molar-refractivity contribution is 7.92. The summed E-state index contributed by atoms with van der Waals surface area (Å²) in [5.41, 5.74) is 0.430. The molecule has 6 nitrogen and oxygen atoms in total. The van der Waals surface area contributed by atoms with Crippen LogP contribution in [0.1, 0.15) is 18.5 Å². The van der Waals surface area contributed by atoms with E-state index in [9.17, 15) is 22.0 Å². The van der Waals surface area contributed by atoms with Crippen LogP contribution in [-0.4, -0.2) is 73.5 Å². The van der Waals surface area contributed by atoms with Gasteiger partial charge in [0.25, 0.3) is 0 Å². The van der Waals surface area contributed by atoms with Crippen molar-refractivity contribution in [2.75, 3.05) is 44.2 Å². The lowest BCUT2D eigenvalue weighted by Crippen LogP contribution is -2.48. The summed E-state index contributed by atoms with van der Waals surface area (Å²) in [6, 6.07) is 3.34. The molecule has 0 aliphatic carbocycles. The number of rotatable bonds is 7. The molecule has 0 aromatic heterocycles. The van der Waals surface area contributed by atoms with Crippen LogP contribution < -0.4 is 0 Å². The van der Waals surface area contributed by atoms with Gasteiger partial charge in [0.2, 0.25) is 0 Å². The molecule has 0 bridgehead atoms. The minimum atomic E-state index is -3.60. The van der Waals surface area contributed by atoms with Crippen LogP contribution in [0, 0.1) is 11.6 Å². The maximum atomic E-state index is 13.9. The Morgan fingerprint density at radius 3 is 2.44 bits per heavy atom. The number of aliphatic carboxylic acids is 1. The molecular weight excluding hydrogens is 354 g/mol. The Bertz CT molecular complexity index is 719. The summed E-state index contributed by atoms with van der Waals surface area (Å²) in [5, 5.41) is 8.58. The van der Waals surface area contributed by atoms with Crippen LogP contribution in [0.3, 0.4) is 0 Å². The van der Waals surface area contributed by atoms with Gasteiger partial charge in [0, 0.05) is 50.4 Å². The van der Waals surface area contributed by atoms with Crippen LogP contribution in [0.5, 0.6) is 0 Å². The van der Waals surface area contributed by atoms with Crippen LogP contribution in [-0.2, 0) is 14.6 Å². The average Bonchev–Trinajstić information content (AvgIpc) is 2.52. The summed E-state index contributed by atoms with van der Waals surface area (Å²) in [6.45, 7) is 4.59. The number of sulfone groups is 1. The summed E-state index contributed by atoms with van der Waals surface area (Å²) in [6.07, 6.45) is 0. The molecule has 0 amide bonds. The SMILES string of the molecule is CC(c1ccc(F)cc1F)N1CCN(CCS(=O)(=O)CC(=O)O)CC1. The molecule has 9 heteroatoms. The fraction of sp³-hybridized carbons (Fsp3) is 0.562. The molecule has 1 aromatic rings. The summed E-state index contributed by atoms with van der Waals surface area (Å²) >= 11 is 0. The average molecular weight is 376 g/mol. The molecule has 1 aliphatic rings. The van der Waals surface area contributed by atoms with E-state index in [0.29, 0.717) is 31.7 Å². The Kier molecular flexibility index (Phi) is 6.47. The maximum absolute atomic E-state index is 13.9. The molecule has 1 fully saturated rings. The predicted octanol–water partition coefficient (Wildman–Crippen LogP) is 1.14. The second-order valence-electron chi connectivity index (χ2n) is 6.21. The molecule has 0 spiro atoms. The normalized spacial score (nSPS) is 18.2. The van der Waals surface area contributed by atoms with E-state index in [2.05, 4.69) is 4.90 Å². The van der Waals surface area contributed by atoms with Gasteiger partial charge in [-0.05, 0) is 13.0 Å². The van der Waals surface area contributed by atoms with Gasteiger partial charge in [-0.15, -0.1) is 0 Å². The number of piperazine rings is 1. The second-order valence-corrected chi connectivity index (χ2v) is 8.39. The lowest BCUT2D eigenvalue weighted by Gasteiger charge is -2.38. The van der Waals surface area contributed by atoms with Gasteiger partial charge in [0.1, 0.15) is 17.4 Å². The summed E-state index contributed by atoms with van der Waals surface area (Å²) in [7, 11) is -3.60. The first-order chi connectivity index (χ1) is 11.7. The number of benzene rings is 1. The van der Waals surface area contributed by atoms with Crippen LogP contribution in [0.25, 0.3) is 0 Å². The standard InChI is InChI=1S/C16H22F2N2O4S/c1-12(14-3-2-13(17)10-15(14)18)20-6-4-19(5-7-20)8-9-25(23,24)11-16(21)22/h2-3,10,12H,4-9,11H2,1H3,(H,21,22). The number of nitrogens with zero attached hydrogens (tertiary/aromatic N) is 2. The van der Waals surface area contributed by atoms with Gasteiger partial charge in [-0.2, -0.15) is 0 Å². The zero-order valence-corrected chi connectivity index (χ0v) is 14.8. The Morgan fingerprint density at radius 2 is 1.88 bits per heavy atom. The van der Waals surface area contributed by atoms with Gasteiger partial charge in [0.15, 0.2) is 9.84 Å². The first-order valence-electron chi connectivity index (χ1n) is 8.01. The van der Waals surface area contributed by atoms with Gasteiger partial charge >= 0.3 is 5.97 Å². The number of carbonyl (C=O) groups is 1. The van der Waals surface area contributed by atoms with Crippen molar-refractivity contribution in [2.45, 2.75) is 13.0 Å². The highest BCUT2D eigenvalue weighted by Gasteiger charge is 2.25. The van der Waals surface area contributed by atoms with Crippen molar-refractivity contribution in [1.82, 2.24) is 9.80 Å². The van der Waals surface area contributed by atoms with Crippen molar-refractivity contribution >= 4 is 15.8 Å². The van der Waals surface area contributed by atoms with Crippen molar-refractivity contribution in [2.24, 2.45) is 0 Å². The third kappa shape index (κ3) is 5.72. The first kappa shape index (κ1) is 19.7. The zero-order valence-electron chi connectivity index (χ0n) is 14.0. The molecule has 1 aliphatic heterocycles. The third-order valence-corrected chi connectivity index (χ3v) is 5.92. The Hall–Kier alpha value is -1.58. The Morgan fingerprint density at radius 1 is 1.24 bits per heavy atom. The summed E-state index contributed by atoms with van der Waals surface area (Å²) in [4.78, 5) is 14.5. The minimum absolute atomic E-state index is 0.193. The predicted molar refractivity (Wildman–Crippen MR) is 89.1 cm³/mol. The minimum Gasteiger partial charge on any atom is -0.480 e. The van der Waals surface area contributed by atoms with Gasteiger partial charge in [-0.25, -0.2) is 17.2 Å². The monoisotopic (exact) mass is 376 g/mol. The van der Waals surface area contributed by atoms with E-state index in [1.165, 1.54) is 12.1 Å². The molecule has 140 valence electrons. The molecule has 1 saturated heterocycles. The van der Waals surface area contributed by atoms with E-state index in [4.69, 9.17) is 5.11 Å². The van der Waals surface area contributed by atoms with Crippen LogP contribution >= 0.6 is 0 Å². The highest BCUT2D eigenvalue weighted by atomic mass is 32.2. The van der Waals surface area contributed by atoms with Crippen molar-refractivity contribution in [1.29, 1.82) is 0 Å². The molecule has 2 rings (SSSR count). The number of hydrogen-bond acceptors (Lipinski definition) is 5. The first-order valence-corrected chi connectivity index (χ1v) is 9.83. The smallest absolute Gasteiger partial charge is 0.318 e. The summed E-state index contributed by atoms with van der Waals surface area (Å²) < 4.78 is 50.1. The lowest BCUT2D eigenvalue weighted by molar-refractivity contribution is -0.134. The molecule has 1 heterocycles. The molecule has 1 N–H and O–H groups in total. The van der Waals surface area contributed by atoms with E-state index >= 15 is 0 Å².